The lowest BCUT2D eigenvalue weighted by Gasteiger charge is -2.35. The zero-order valence-corrected chi connectivity index (χ0v) is 12.9. The zero-order chi connectivity index (χ0) is 15.4. The van der Waals surface area contributed by atoms with E-state index in [1.54, 1.807) is 6.92 Å². The van der Waals surface area contributed by atoms with Gasteiger partial charge >= 0.3 is 5.97 Å². The maximum atomic E-state index is 12.1. The van der Waals surface area contributed by atoms with Gasteiger partial charge in [-0.25, -0.2) is 9.78 Å². The summed E-state index contributed by atoms with van der Waals surface area (Å²) in [4.78, 5) is 33.1. The van der Waals surface area contributed by atoms with Crippen molar-refractivity contribution in [2.75, 3.05) is 18.1 Å². The summed E-state index contributed by atoms with van der Waals surface area (Å²) in [5, 5.41) is 0. The summed E-state index contributed by atoms with van der Waals surface area (Å²) in [5.41, 5.74) is -0.183. The zero-order valence-electron chi connectivity index (χ0n) is 12.9. The van der Waals surface area contributed by atoms with E-state index in [0.29, 0.717) is 18.2 Å². The molecule has 6 heteroatoms. The quantitative estimate of drug-likeness (QED) is 0.857. The smallest absolute Gasteiger partial charge is 0.328 e. The van der Waals surface area contributed by atoms with E-state index in [1.807, 2.05) is 18.7 Å². The fourth-order valence-corrected chi connectivity index (χ4v) is 2.57. The van der Waals surface area contributed by atoms with Crippen LogP contribution in [-0.4, -0.2) is 35.1 Å². The second-order valence-electron chi connectivity index (χ2n) is 5.60. The Bertz CT molecular complexity index is 553. The molecule has 2 rings (SSSR count). The molecule has 1 aromatic rings. The van der Waals surface area contributed by atoms with E-state index >= 15 is 0 Å². The number of rotatable bonds is 4. The second-order valence-corrected chi connectivity index (χ2v) is 5.60. The van der Waals surface area contributed by atoms with E-state index in [0.717, 1.165) is 25.8 Å². The molecule has 0 saturated carbocycles. The van der Waals surface area contributed by atoms with E-state index in [4.69, 9.17) is 4.74 Å². The number of piperidine rings is 1. The summed E-state index contributed by atoms with van der Waals surface area (Å²) in [6.45, 7) is 6.83. The maximum absolute atomic E-state index is 12.1. The van der Waals surface area contributed by atoms with E-state index in [-0.39, 0.29) is 23.5 Å². The molecule has 1 unspecified atom stereocenters. The van der Waals surface area contributed by atoms with Crippen molar-refractivity contribution in [2.24, 2.45) is 0 Å². The summed E-state index contributed by atoms with van der Waals surface area (Å²) in [7, 11) is 0. The van der Waals surface area contributed by atoms with Gasteiger partial charge in [0.05, 0.1) is 6.61 Å². The third kappa shape index (κ3) is 3.62. The molecule has 6 nitrogen and oxygen atoms in total. The van der Waals surface area contributed by atoms with Crippen LogP contribution in [0.15, 0.2) is 10.9 Å². The van der Waals surface area contributed by atoms with Gasteiger partial charge in [0.15, 0.2) is 0 Å². The van der Waals surface area contributed by atoms with E-state index in [1.165, 1.54) is 6.07 Å². The molecule has 0 radical (unpaired) electrons. The van der Waals surface area contributed by atoms with Crippen molar-refractivity contribution in [1.29, 1.82) is 0 Å². The predicted molar refractivity (Wildman–Crippen MR) is 80.6 cm³/mol. The van der Waals surface area contributed by atoms with E-state index in [9.17, 15) is 9.59 Å². The predicted octanol–water partition coefficient (Wildman–Crippen LogP) is 1.82. The van der Waals surface area contributed by atoms with Crippen molar-refractivity contribution in [2.45, 2.75) is 52.0 Å². The van der Waals surface area contributed by atoms with Crippen LogP contribution in [0, 0.1) is 0 Å². The number of esters is 1. The minimum absolute atomic E-state index is 0.128. The van der Waals surface area contributed by atoms with Crippen molar-refractivity contribution in [3.8, 4) is 0 Å². The van der Waals surface area contributed by atoms with E-state index < -0.39 is 0 Å². The molecule has 116 valence electrons. The normalized spacial score (nSPS) is 18.9. The highest BCUT2D eigenvalue weighted by molar-refractivity contribution is 5.79. The number of nitrogens with zero attached hydrogens (tertiary/aromatic N) is 2. The Hall–Kier alpha value is -1.85. The van der Waals surface area contributed by atoms with E-state index in [2.05, 4.69) is 9.97 Å². The minimum Gasteiger partial charge on any atom is -0.464 e. The van der Waals surface area contributed by atoms with Crippen LogP contribution in [0.3, 0.4) is 0 Å². The molecule has 0 amide bonds. The number of anilines is 1. The molecule has 0 aromatic carbocycles. The van der Waals surface area contributed by atoms with Crippen LogP contribution in [0.2, 0.25) is 0 Å². The molecule has 0 spiro atoms. The van der Waals surface area contributed by atoms with Gasteiger partial charge in [-0.05, 0) is 26.2 Å². The van der Waals surface area contributed by atoms with Crippen LogP contribution >= 0.6 is 0 Å². The molecule has 2 heterocycles. The van der Waals surface area contributed by atoms with Crippen LogP contribution in [-0.2, 0) is 9.53 Å². The van der Waals surface area contributed by atoms with Crippen LogP contribution in [0.1, 0.15) is 51.8 Å². The highest BCUT2D eigenvalue weighted by Gasteiger charge is 2.31. The third-order valence-electron chi connectivity index (χ3n) is 3.65. The Labute approximate surface area is 124 Å². The van der Waals surface area contributed by atoms with Gasteiger partial charge < -0.3 is 14.6 Å². The number of H-pyrrole nitrogens is 1. The van der Waals surface area contributed by atoms with Crippen molar-refractivity contribution < 1.29 is 9.53 Å². The van der Waals surface area contributed by atoms with Gasteiger partial charge in [-0.1, -0.05) is 13.8 Å². The Morgan fingerprint density at radius 2 is 2.29 bits per heavy atom. The third-order valence-corrected chi connectivity index (χ3v) is 3.65. The molecule has 1 atom stereocenters. The molecule has 21 heavy (non-hydrogen) atoms. The first-order valence-corrected chi connectivity index (χ1v) is 7.57. The molecule has 0 aliphatic carbocycles. The Morgan fingerprint density at radius 3 is 2.95 bits per heavy atom. The number of hydrogen-bond donors (Lipinski definition) is 1. The van der Waals surface area contributed by atoms with Gasteiger partial charge in [0.1, 0.15) is 17.7 Å². The number of carbonyl (C=O) groups is 1. The largest absolute Gasteiger partial charge is 0.464 e. The molecule has 0 bridgehead atoms. The second kappa shape index (κ2) is 6.74. The molecular weight excluding hydrogens is 270 g/mol. The lowest BCUT2D eigenvalue weighted by molar-refractivity contribution is -0.145. The summed E-state index contributed by atoms with van der Waals surface area (Å²) in [6, 6.07) is 1.12. The van der Waals surface area contributed by atoms with Gasteiger partial charge in [-0.2, -0.15) is 0 Å². The van der Waals surface area contributed by atoms with Gasteiger partial charge in [0.25, 0.3) is 5.56 Å². The number of aromatic nitrogens is 2. The monoisotopic (exact) mass is 293 g/mol. The number of hydrogen-bond acceptors (Lipinski definition) is 5. The van der Waals surface area contributed by atoms with Crippen LogP contribution in [0.5, 0.6) is 0 Å². The summed E-state index contributed by atoms with van der Waals surface area (Å²) < 4.78 is 5.15. The molecular formula is C15H23N3O3. The van der Waals surface area contributed by atoms with Gasteiger partial charge in [-0.15, -0.1) is 0 Å². The molecule has 1 saturated heterocycles. The van der Waals surface area contributed by atoms with Crippen LogP contribution < -0.4 is 10.5 Å². The standard InChI is InChI=1S/C15H23N3O3/c1-4-21-15(20)11-7-5-6-8-18(11)12-9-13(19)17-14(16-12)10(2)3/h9-11H,4-8H2,1-3H3,(H,16,17,19). The van der Waals surface area contributed by atoms with Crippen molar-refractivity contribution in [3.63, 3.8) is 0 Å². The average Bonchev–Trinajstić information content (AvgIpc) is 2.46. The molecule has 1 aromatic heterocycles. The van der Waals surface area contributed by atoms with Gasteiger partial charge in [0, 0.05) is 18.5 Å². The first-order chi connectivity index (χ1) is 10.0. The van der Waals surface area contributed by atoms with Crippen LogP contribution in [0.25, 0.3) is 0 Å². The Balaban J connectivity index is 2.33. The maximum Gasteiger partial charge on any atom is 0.328 e. The highest BCUT2D eigenvalue weighted by Crippen LogP contribution is 2.24. The fraction of sp³-hybridized carbons (Fsp3) is 0.667. The molecule has 1 aliphatic heterocycles. The number of ether oxygens (including phenoxy) is 1. The minimum atomic E-state index is -0.340. The van der Waals surface area contributed by atoms with Gasteiger partial charge in [-0.3, -0.25) is 4.79 Å². The summed E-state index contributed by atoms with van der Waals surface area (Å²) >= 11 is 0. The molecule has 1 fully saturated rings. The van der Waals surface area contributed by atoms with Crippen molar-refractivity contribution in [1.82, 2.24) is 9.97 Å². The van der Waals surface area contributed by atoms with Crippen LogP contribution in [0.4, 0.5) is 5.82 Å². The first-order valence-electron chi connectivity index (χ1n) is 7.57. The average molecular weight is 293 g/mol. The number of aromatic amines is 1. The Kier molecular flexibility index (Phi) is 4.98. The fourth-order valence-electron chi connectivity index (χ4n) is 2.57. The topological polar surface area (TPSA) is 75.3 Å². The molecule has 1 N–H and O–H groups in total. The Morgan fingerprint density at radius 1 is 1.52 bits per heavy atom. The first kappa shape index (κ1) is 15.5. The summed E-state index contributed by atoms with van der Waals surface area (Å²) in [5.74, 6) is 1.11. The SMILES string of the molecule is CCOC(=O)C1CCCCN1c1cc(=O)[nH]c(C(C)C)n1. The van der Waals surface area contributed by atoms with Gasteiger partial charge in [0.2, 0.25) is 0 Å². The lowest BCUT2D eigenvalue weighted by Crippen LogP contribution is -2.46. The van der Waals surface area contributed by atoms with Crippen molar-refractivity contribution in [3.05, 3.63) is 22.2 Å². The summed E-state index contributed by atoms with van der Waals surface area (Å²) in [6.07, 6.45) is 2.71. The number of carbonyl (C=O) groups excluding carboxylic acids is 1. The van der Waals surface area contributed by atoms with Crippen molar-refractivity contribution >= 4 is 11.8 Å². The lowest BCUT2D eigenvalue weighted by atomic mass is 10.0. The molecule has 1 aliphatic rings. The number of nitrogens with one attached hydrogen (secondary N) is 1. The highest BCUT2D eigenvalue weighted by atomic mass is 16.5.